The van der Waals surface area contributed by atoms with Gasteiger partial charge in [0.05, 0.1) is 30.0 Å². The summed E-state index contributed by atoms with van der Waals surface area (Å²) in [6.45, 7) is 6.17. The van der Waals surface area contributed by atoms with E-state index in [0.717, 1.165) is 72.8 Å². The molecule has 156 valence electrons. The van der Waals surface area contributed by atoms with E-state index in [0.29, 0.717) is 5.56 Å². The van der Waals surface area contributed by atoms with Crippen LogP contribution in [0.15, 0.2) is 42.5 Å². The Labute approximate surface area is 179 Å². The molecule has 3 aromatic rings. The van der Waals surface area contributed by atoms with Crippen LogP contribution in [-0.2, 0) is 22.3 Å². The van der Waals surface area contributed by atoms with Gasteiger partial charge in [-0.05, 0) is 42.3 Å². The predicted octanol–water partition coefficient (Wildman–Crippen LogP) is 4.13. The minimum Gasteiger partial charge on any atom is -0.378 e. The smallest absolute Gasteiger partial charge is 0.113 e. The van der Waals surface area contributed by atoms with Crippen molar-refractivity contribution in [2.75, 3.05) is 42.2 Å². The summed E-state index contributed by atoms with van der Waals surface area (Å²) in [5.74, 6) is 0. The lowest BCUT2D eigenvalue weighted by atomic mass is 10.1. The maximum Gasteiger partial charge on any atom is 0.113 e. The standard InChI is InChI=1S/C23H26N4O2S/c1-3-10-27-22-9-8-19(26-11-13-29-14-12-26)15-20(22)21(16-24)23(27)17-4-6-18(7-5-17)25-30(2)28/h4-9,15,25H,3,10-14H2,1-2H3. The van der Waals surface area contributed by atoms with Crippen molar-refractivity contribution >= 4 is 33.3 Å². The van der Waals surface area contributed by atoms with E-state index in [2.05, 4.69) is 45.4 Å². The molecule has 7 heteroatoms. The molecular weight excluding hydrogens is 396 g/mol. The summed E-state index contributed by atoms with van der Waals surface area (Å²) in [5.41, 5.74) is 5.64. The van der Waals surface area contributed by atoms with Crippen molar-refractivity contribution in [2.45, 2.75) is 19.9 Å². The molecule has 6 nitrogen and oxygen atoms in total. The van der Waals surface area contributed by atoms with Gasteiger partial charge in [0.1, 0.15) is 17.1 Å². The molecule has 0 spiro atoms. The molecule has 0 saturated carbocycles. The van der Waals surface area contributed by atoms with Crippen LogP contribution in [0, 0.1) is 11.3 Å². The van der Waals surface area contributed by atoms with E-state index < -0.39 is 11.0 Å². The lowest BCUT2D eigenvalue weighted by Crippen LogP contribution is -2.36. The molecule has 2 heterocycles. The first kappa shape index (κ1) is 20.5. The second-order valence-electron chi connectivity index (χ2n) is 7.42. The monoisotopic (exact) mass is 422 g/mol. The zero-order chi connectivity index (χ0) is 21.1. The first-order valence-electron chi connectivity index (χ1n) is 10.2. The van der Waals surface area contributed by atoms with Gasteiger partial charge < -0.3 is 18.9 Å². The molecule has 1 atom stereocenters. The number of nitrogens with one attached hydrogen (secondary N) is 1. The van der Waals surface area contributed by atoms with Crippen molar-refractivity contribution in [1.29, 1.82) is 5.26 Å². The molecule has 1 unspecified atom stereocenters. The zero-order valence-electron chi connectivity index (χ0n) is 17.4. The Hall–Kier alpha value is -2.82. The highest BCUT2D eigenvalue weighted by Crippen LogP contribution is 2.36. The van der Waals surface area contributed by atoms with Crippen molar-refractivity contribution in [2.24, 2.45) is 0 Å². The number of anilines is 2. The van der Waals surface area contributed by atoms with Crippen LogP contribution < -0.4 is 9.62 Å². The maximum atomic E-state index is 11.4. The number of morpholine rings is 1. The van der Waals surface area contributed by atoms with E-state index in [1.807, 2.05) is 24.3 Å². The van der Waals surface area contributed by atoms with Crippen molar-refractivity contribution in [3.8, 4) is 17.3 Å². The number of aromatic nitrogens is 1. The number of nitrogens with zero attached hydrogens (tertiary/aromatic N) is 3. The number of fused-ring (bicyclic) bond motifs is 1. The van der Waals surface area contributed by atoms with Gasteiger partial charge in [-0.1, -0.05) is 19.1 Å². The first-order chi connectivity index (χ1) is 14.6. The molecule has 0 amide bonds. The van der Waals surface area contributed by atoms with E-state index in [1.165, 1.54) is 0 Å². The normalized spacial score (nSPS) is 15.2. The van der Waals surface area contributed by atoms with Crippen LogP contribution in [0.5, 0.6) is 0 Å². The van der Waals surface area contributed by atoms with Gasteiger partial charge in [-0.25, -0.2) is 4.21 Å². The number of nitriles is 1. The Bertz CT molecular complexity index is 1110. The van der Waals surface area contributed by atoms with E-state index >= 15 is 0 Å². The summed E-state index contributed by atoms with van der Waals surface area (Å²) in [5, 5.41) is 11.1. The minimum absolute atomic E-state index is 0.702. The largest absolute Gasteiger partial charge is 0.378 e. The summed E-state index contributed by atoms with van der Waals surface area (Å²) < 4.78 is 22.1. The van der Waals surface area contributed by atoms with Crippen molar-refractivity contribution in [3.63, 3.8) is 0 Å². The van der Waals surface area contributed by atoms with E-state index in [4.69, 9.17) is 4.74 Å². The molecule has 0 bridgehead atoms. The number of benzene rings is 2. The zero-order valence-corrected chi connectivity index (χ0v) is 18.2. The predicted molar refractivity (Wildman–Crippen MR) is 123 cm³/mol. The van der Waals surface area contributed by atoms with Crippen LogP contribution in [0.2, 0.25) is 0 Å². The molecule has 1 aliphatic rings. The van der Waals surface area contributed by atoms with Crippen molar-refractivity contribution in [3.05, 3.63) is 48.0 Å². The quantitative estimate of drug-likeness (QED) is 0.648. The van der Waals surface area contributed by atoms with Gasteiger partial charge in [0, 0.05) is 42.7 Å². The molecule has 1 fully saturated rings. The van der Waals surface area contributed by atoms with Crippen LogP contribution >= 0.6 is 0 Å². The van der Waals surface area contributed by atoms with Gasteiger partial charge in [0.15, 0.2) is 0 Å². The van der Waals surface area contributed by atoms with E-state index in [1.54, 1.807) is 6.26 Å². The lowest BCUT2D eigenvalue weighted by Gasteiger charge is -2.28. The average Bonchev–Trinajstić information content (AvgIpc) is 3.07. The Morgan fingerprint density at radius 1 is 1.17 bits per heavy atom. The molecular formula is C23H26N4O2S. The Morgan fingerprint density at radius 3 is 2.53 bits per heavy atom. The third kappa shape index (κ3) is 3.93. The van der Waals surface area contributed by atoms with Crippen LogP contribution in [0.25, 0.3) is 22.2 Å². The van der Waals surface area contributed by atoms with Crippen LogP contribution in [0.1, 0.15) is 18.9 Å². The Balaban J connectivity index is 1.84. The molecule has 1 aliphatic heterocycles. The number of rotatable bonds is 6. The van der Waals surface area contributed by atoms with Crippen molar-refractivity contribution < 1.29 is 8.95 Å². The summed E-state index contributed by atoms with van der Waals surface area (Å²) >= 11 is 0. The lowest BCUT2D eigenvalue weighted by molar-refractivity contribution is 0.122. The highest BCUT2D eigenvalue weighted by atomic mass is 32.2. The molecule has 1 aromatic heterocycles. The van der Waals surface area contributed by atoms with Crippen LogP contribution in [0.3, 0.4) is 0 Å². The number of ether oxygens (including phenoxy) is 1. The third-order valence-corrected chi connectivity index (χ3v) is 5.93. The van der Waals surface area contributed by atoms with Gasteiger partial charge in [-0.2, -0.15) is 5.26 Å². The number of hydrogen-bond acceptors (Lipinski definition) is 4. The van der Waals surface area contributed by atoms with Gasteiger partial charge in [0.25, 0.3) is 0 Å². The summed E-state index contributed by atoms with van der Waals surface area (Å²) in [6, 6.07) is 16.7. The first-order valence-corrected chi connectivity index (χ1v) is 11.8. The summed E-state index contributed by atoms with van der Waals surface area (Å²) in [6.07, 6.45) is 2.58. The SMILES string of the molecule is CCCn1c(-c2ccc(NS(C)=O)cc2)c(C#N)c2cc(N3CCOCC3)ccc21. The topological polar surface area (TPSA) is 70.3 Å². The third-order valence-electron chi connectivity index (χ3n) is 5.40. The van der Waals surface area contributed by atoms with Gasteiger partial charge in [-0.15, -0.1) is 0 Å². The van der Waals surface area contributed by atoms with Crippen molar-refractivity contribution in [1.82, 2.24) is 4.57 Å². The molecule has 4 rings (SSSR count). The number of aryl methyl sites for hydroxylation is 1. The van der Waals surface area contributed by atoms with Crippen LogP contribution in [-0.4, -0.2) is 41.3 Å². The van der Waals surface area contributed by atoms with Crippen LogP contribution in [0.4, 0.5) is 11.4 Å². The fraction of sp³-hybridized carbons (Fsp3) is 0.348. The Kier molecular flexibility index (Phi) is 6.07. The van der Waals surface area contributed by atoms with Gasteiger partial charge in [0.2, 0.25) is 0 Å². The fourth-order valence-corrected chi connectivity index (χ4v) is 4.56. The fourth-order valence-electron chi connectivity index (χ4n) is 4.09. The molecule has 1 N–H and O–H groups in total. The maximum absolute atomic E-state index is 11.4. The Morgan fingerprint density at radius 2 is 1.90 bits per heavy atom. The molecule has 1 saturated heterocycles. The van der Waals surface area contributed by atoms with E-state index in [-0.39, 0.29) is 0 Å². The summed E-state index contributed by atoms with van der Waals surface area (Å²) in [4.78, 5) is 2.31. The highest BCUT2D eigenvalue weighted by Gasteiger charge is 2.20. The van der Waals surface area contributed by atoms with Gasteiger partial charge >= 0.3 is 0 Å². The average molecular weight is 423 g/mol. The second kappa shape index (κ2) is 8.90. The molecule has 30 heavy (non-hydrogen) atoms. The van der Waals surface area contributed by atoms with E-state index in [9.17, 15) is 9.47 Å². The molecule has 0 radical (unpaired) electrons. The molecule has 2 aromatic carbocycles. The highest BCUT2D eigenvalue weighted by molar-refractivity contribution is 7.85. The molecule has 0 aliphatic carbocycles. The number of hydrogen-bond donors (Lipinski definition) is 1. The van der Waals surface area contributed by atoms with Gasteiger partial charge in [-0.3, -0.25) is 0 Å². The second-order valence-corrected chi connectivity index (χ2v) is 8.53. The minimum atomic E-state index is -1.12. The summed E-state index contributed by atoms with van der Waals surface area (Å²) in [7, 11) is -1.12.